The molecule has 0 saturated carbocycles. The molecule has 1 saturated heterocycles. The molecule has 3 rings (SSSR count). The van der Waals surface area contributed by atoms with E-state index in [1.165, 1.54) is 0 Å². The van der Waals surface area contributed by atoms with Crippen molar-refractivity contribution in [2.75, 3.05) is 20.1 Å². The number of nitrogens with zero attached hydrogens (tertiary/aromatic N) is 3. The zero-order valence-electron chi connectivity index (χ0n) is 15.4. The van der Waals surface area contributed by atoms with Crippen LogP contribution in [-0.2, 0) is 6.54 Å². The molecule has 1 fully saturated rings. The number of nitrogens with one attached hydrogen (secondary N) is 2. The van der Waals surface area contributed by atoms with E-state index in [0.29, 0.717) is 25.3 Å². The van der Waals surface area contributed by atoms with Gasteiger partial charge in [0.2, 0.25) is 0 Å². The van der Waals surface area contributed by atoms with Crippen LogP contribution in [0.1, 0.15) is 45.8 Å². The third-order valence-electron chi connectivity index (χ3n) is 4.88. The third-order valence-corrected chi connectivity index (χ3v) is 5.75. The van der Waals surface area contributed by atoms with E-state index >= 15 is 0 Å². The SMILES string of the molecule is CNC(=O)N1CCC(n2c(C)nc(C(=O)NCc3cccs3)c2C)CC1. The molecule has 140 valence electrons. The highest BCUT2D eigenvalue weighted by molar-refractivity contribution is 7.09. The van der Waals surface area contributed by atoms with Gasteiger partial charge in [0.05, 0.1) is 6.54 Å². The first-order valence-electron chi connectivity index (χ1n) is 8.84. The molecule has 0 aliphatic carbocycles. The summed E-state index contributed by atoms with van der Waals surface area (Å²) in [7, 11) is 1.65. The van der Waals surface area contributed by atoms with Gasteiger partial charge in [0.25, 0.3) is 5.91 Å². The Labute approximate surface area is 157 Å². The van der Waals surface area contributed by atoms with Crippen molar-refractivity contribution in [2.24, 2.45) is 0 Å². The molecule has 26 heavy (non-hydrogen) atoms. The Hall–Kier alpha value is -2.35. The predicted octanol–water partition coefficient (Wildman–Crippen LogP) is 2.47. The summed E-state index contributed by atoms with van der Waals surface area (Å²) in [6.07, 6.45) is 1.73. The second-order valence-corrected chi connectivity index (χ2v) is 7.53. The van der Waals surface area contributed by atoms with Crippen LogP contribution in [0.5, 0.6) is 0 Å². The summed E-state index contributed by atoms with van der Waals surface area (Å²) in [6.45, 7) is 5.83. The minimum atomic E-state index is -0.138. The molecule has 1 aliphatic heterocycles. The summed E-state index contributed by atoms with van der Waals surface area (Å²) >= 11 is 1.62. The Morgan fingerprint density at radius 3 is 2.65 bits per heavy atom. The van der Waals surface area contributed by atoms with E-state index in [4.69, 9.17) is 0 Å². The van der Waals surface area contributed by atoms with E-state index in [9.17, 15) is 9.59 Å². The second kappa shape index (κ2) is 7.90. The van der Waals surface area contributed by atoms with Gasteiger partial charge in [0, 0.05) is 36.8 Å². The molecule has 8 heteroatoms. The number of likely N-dealkylation sites (tertiary alicyclic amines) is 1. The molecule has 0 radical (unpaired) electrons. The molecule has 2 N–H and O–H groups in total. The maximum Gasteiger partial charge on any atom is 0.317 e. The lowest BCUT2D eigenvalue weighted by atomic mass is 10.0. The van der Waals surface area contributed by atoms with Gasteiger partial charge in [0.15, 0.2) is 0 Å². The van der Waals surface area contributed by atoms with Gasteiger partial charge in [-0.1, -0.05) is 6.07 Å². The van der Waals surface area contributed by atoms with E-state index in [0.717, 1.165) is 29.2 Å². The summed E-state index contributed by atoms with van der Waals surface area (Å²) < 4.78 is 2.15. The van der Waals surface area contributed by atoms with Crippen LogP contribution in [0.25, 0.3) is 0 Å². The van der Waals surface area contributed by atoms with Crippen LogP contribution in [0.2, 0.25) is 0 Å². The Kier molecular flexibility index (Phi) is 5.61. The third kappa shape index (κ3) is 3.75. The zero-order chi connectivity index (χ0) is 18.7. The van der Waals surface area contributed by atoms with Crippen LogP contribution in [0.15, 0.2) is 17.5 Å². The molecule has 0 atom stereocenters. The lowest BCUT2D eigenvalue weighted by Gasteiger charge is -2.33. The Morgan fingerprint density at radius 2 is 2.04 bits per heavy atom. The van der Waals surface area contributed by atoms with Gasteiger partial charge in [-0.3, -0.25) is 4.79 Å². The van der Waals surface area contributed by atoms with Crippen molar-refractivity contribution in [2.45, 2.75) is 39.3 Å². The van der Waals surface area contributed by atoms with Crippen molar-refractivity contribution < 1.29 is 9.59 Å². The normalized spacial score (nSPS) is 15.1. The number of thiophene rings is 1. The first-order chi connectivity index (χ1) is 12.5. The standard InChI is InChI=1S/C18H25N5O2S/c1-12-16(17(24)20-11-15-5-4-10-26-15)21-13(2)23(12)14-6-8-22(9-7-14)18(25)19-3/h4-5,10,14H,6-9,11H2,1-3H3,(H,19,25)(H,20,24). The first-order valence-corrected chi connectivity index (χ1v) is 9.72. The van der Waals surface area contributed by atoms with Crippen LogP contribution in [-0.4, -0.2) is 46.5 Å². The molecule has 3 amide bonds. The summed E-state index contributed by atoms with van der Waals surface area (Å²) in [5.41, 5.74) is 1.39. The molecule has 0 unspecified atom stereocenters. The number of carbonyl (C=O) groups is 2. The van der Waals surface area contributed by atoms with Gasteiger partial charge in [-0.15, -0.1) is 11.3 Å². The molecule has 2 aromatic heterocycles. The minimum absolute atomic E-state index is 0.0313. The average Bonchev–Trinajstić information content (AvgIpc) is 3.27. The molecule has 2 aromatic rings. The van der Waals surface area contributed by atoms with Crippen molar-refractivity contribution in [3.63, 3.8) is 0 Å². The van der Waals surface area contributed by atoms with Crippen LogP contribution in [0, 0.1) is 13.8 Å². The summed E-state index contributed by atoms with van der Waals surface area (Å²) in [6, 6.07) is 4.21. The number of aryl methyl sites for hydroxylation is 1. The molecule has 0 bridgehead atoms. The Balaban J connectivity index is 1.68. The molecular weight excluding hydrogens is 350 g/mol. The van der Waals surface area contributed by atoms with Crippen LogP contribution in [0.4, 0.5) is 4.79 Å². The summed E-state index contributed by atoms with van der Waals surface area (Å²) in [4.78, 5) is 31.8. The van der Waals surface area contributed by atoms with E-state index < -0.39 is 0 Å². The zero-order valence-corrected chi connectivity index (χ0v) is 16.2. The summed E-state index contributed by atoms with van der Waals surface area (Å²) in [5.74, 6) is 0.711. The number of piperidine rings is 1. The fourth-order valence-electron chi connectivity index (χ4n) is 3.56. The summed E-state index contributed by atoms with van der Waals surface area (Å²) in [5, 5.41) is 7.62. The van der Waals surface area contributed by atoms with Gasteiger partial charge >= 0.3 is 6.03 Å². The Morgan fingerprint density at radius 1 is 1.31 bits per heavy atom. The van der Waals surface area contributed by atoms with Crippen molar-refractivity contribution in [1.82, 2.24) is 25.1 Å². The highest BCUT2D eigenvalue weighted by Gasteiger charge is 2.27. The number of amides is 3. The number of hydrogen-bond acceptors (Lipinski definition) is 4. The fraction of sp³-hybridized carbons (Fsp3) is 0.500. The van der Waals surface area contributed by atoms with Gasteiger partial charge in [-0.2, -0.15) is 0 Å². The number of carbonyl (C=O) groups excluding carboxylic acids is 2. The quantitative estimate of drug-likeness (QED) is 0.862. The number of imidazole rings is 1. The van der Waals surface area contributed by atoms with E-state index in [1.54, 1.807) is 18.4 Å². The Bertz CT molecular complexity index is 776. The predicted molar refractivity (Wildman–Crippen MR) is 101 cm³/mol. The van der Waals surface area contributed by atoms with Gasteiger partial charge in [0.1, 0.15) is 11.5 Å². The molecule has 0 spiro atoms. The topological polar surface area (TPSA) is 79.3 Å². The van der Waals surface area contributed by atoms with Gasteiger partial charge in [-0.25, -0.2) is 9.78 Å². The van der Waals surface area contributed by atoms with Crippen molar-refractivity contribution in [3.8, 4) is 0 Å². The van der Waals surface area contributed by atoms with E-state index in [-0.39, 0.29) is 18.0 Å². The lowest BCUT2D eigenvalue weighted by molar-refractivity contribution is 0.0945. The lowest BCUT2D eigenvalue weighted by Crippen LogP contribution is -2.43. The van der Waals surface area contributed by atoms with Gasteiger partial charge < -0.3 is 20.1 Å². The minimum Gasteiger partial charge on any atom is -0.346 e. The number of rotatable bonds is 4. The second-order valence-electron chi connectivity index (χ2n) is 6.50. The number of aromatic nitrogens is 2. The molecular formula is C18H25N5O2S. The largest absolute Gasteiger partial charge is 0.346 e. The van der Waals surface area contributed by atoms with Crippen molar-refractivity contribution >= 4 is 23.3 Å². The van der Waals surface area contributed by atoms with Gasteiger partial charge in [-0.05, 0) is 38.1 Å². The monoisotopic (exact) mass is 375 g/mol. The van der Waals surface area contributed by atoms with Crippen LogP contribution in [0.3, 0.4) is 0 Å². The van der Waals surface area contributed by atoms with E-state index in [2.05, 4.69) is 20.2 Å². The van der Waals surface area contributed by atoms with Crippen LogP contribution >= 0.6 is 11.3 Å². The number of hydrogen-bond donors (Lipinski definition) is 2. The van der Waals surface area contributed by atoms with E-state index in [1.807, 2.05) is 36.3 Å². The maximum absolute atomic E-state index is 12.5. The highest BCUT2D eigenvalue weighted by atomic mass is 32.1. The van der Waals surface area contributed by atoms with Crippen LogP contribution < -0.4 is 10.6 Å². The maximum atomic E-state index is 12.5. The molecule has 3 heterocycles. The molecule has 7 nitrogen and oxygen atoms in total. The molecule has 1 aliphatic rings. The smallest absolute Gasteiger partial charge is 0.317 e. The van der Waals surface area contributed by atoms with Crippen molar-refractivity contribution in [1.29, 1.82) is 0 Å². The molecule has 0 aromatic carbocycles. The first kappa shape index (κ1) is 18.4. The average molecular weight is 375 g/mol. The highest BCUT2D eigenvalue weighted by Crippen LogP contribution is 2.27. The fourth-order valence-corrected chi connectivity index (χ4v) is 4.20. The van der Waals surface area contributed by atoms with Crippen molar-refractivity contribution in [3.05, 3.63) is 39.6 Å². The number of urea groups is 1.